The molecule has 0 aromatic heterocycles. The Morgan fingerprint density at radius 2 is 1.74 bits per heavy atom. The molecule has 0 saturated carbocycles. The second kappa shape index (κ2) is 9.86. The van der Waals surface area contributed by atoms with E-state index in [0.29, 0.717) is 12.2 Å². The van der Waals surface area contributed by atoms with Crippen LogP contribution in [-0.4, -0.2) is 24.0 Å². The van der Waals surface area contributed by atoms with Crippen molar-refractivity contribution in [1.29, 1.82) is 0 Å². The van der Waals surface area contributed by atoms with Gasteiger partial charge in [-0.1, -0.05) is 36.4 Å². The lowest BCUT2D eigenvalue weighted by Gasteiger charge is -2.13. The molecular formula is C24H24N2O5. The zero-order valence-electron chi connectivity index (χ0n) is 17.4. The maximum Gasteiger partial charge on any atom is 0.322 e. The summed E-state index contributed by atoms with van der Waals surface area (Å²) >= 11 is 0. The van der Waals surface area contributed by atoms with E-state index in [0.717, 1.165) is 28.0 Å². The van der Waals surface area contributed by atoms with Crippen molar-refractivity contribution in [1.82, 2.24) is 0 Å². The number of rotatable bonds is 8. The van der Waals surface area contributed by atoms with Crippen LogP contribution in [0.15, 0.2) is 66.7 Å². The van der Waals surface area contributed by atoms with Crippen molar-refractivity contribution in [2.75, 3.05) is 7.11 Å². The highest BCUT2D eigenvalue weighted by Gasteiger charge is 2.21. The molecule has 3 rings (SSSR count). The minimum atomic E-state index is -0.977. The topological polar surface area (TPSA) is 105 Å². The minimum absolute atomic E-state index is 0.00802. The summed E-state index contributed by atoms with van der Waals surface area (Å²) in [6.45, 7) is 2.41. The maximum absolute atomic E-state index is 11.7. The third-order valence-corrected chi connectivity index (χ3v) is 4.97. The number of carbonyl (C=O) groups is 1. The van der Waals surface area contributed by atoms with E-state index in [1.165, 1.54) is 13.2 Å². The summed E-state index contributed by atoms with van der Waals surface area (Å²) in [7, 11) is 1.23. The van der Waals surface area contributed by atoms with Crippen LogP contribution in [0.1, 0.15) is 16.7 Å². The fourth-order valence-corrected chi connectivity index (χ4v) is 3.30. The molecule has 0 radical (unpaired) electrons. The highest BCUT2D eigenvalue weighted by atomic mass is 16.6. The van der Waals surface area contributed by atoms with E-state index in [1.54, 1.807) is 12.1 Å². The third kappa shape index (κ3) is 5.46. The molecule has 0 aliphatic heterocycles. The van der Waals surface area contributed by atoms with Gasteiger partial charge in [0.25, 0.3) is 5.69 Å². The van der Waals surface area contributed by atoms with Crippen molar-refractivity contribution in [3.63, 3.8) is 0 Å². The van der Waals surface area contributed by atoms with Crippen molar-refractivity contribution in [3.05, 3.63) is 93.5 Å². The Labute approximate surface area is 180 Å². The number of hydrogen-bond donors (Lipinski definition) is 1. The molecule has 0 bridgehead atoms. The largest absolute Gasteiger partial charge is 0.489 e. The normalized spacial score (nSPS) is 11.6. The molecule has 0 aliphatic rings. The van der Waals surface area contributed by atoms with Gasteiger partial charge in [-0.15, -0.1) is 0 Å². The fourth-order valence-electron chi connectivity index (χ4n) is 3.30. The summed E-state index contributed by atoms with van der Waals surface area (Å²) in [6, 6.07) is 19.5. The summed E-state index contributed by atoms with van der Waals surface area (Å²) in [6.07, 6.45) is 0.00802. The van der Waals surface area contributed by atoms with Crippen LogP contribution in [0.25, 0.3) is 11.1 Å². The van der Waals surface area contributed by atoms with E-state index >= 15 is 0 Å². The third-order valence-electron chi connectivity index (χ3n) is 4.97. The number of carbonyl (C=O) groups excluding carboxylic acids is 1. The number of nitrogens with two attached hydrogens (primary N) is 1. The molecule has 0 spiro atoms. The predicted octanol–water partition coefficient (Wildman–Crippen LogP) is 4.19. The molecule has 0 saturated heterocycles. The van der Waals surface area contributed by atoms with Crippen LogP contribution in [0.2, 0.25) is 0 Å². The van der Waals surface area contributed by atoms with Crippen LogP contribution in [0.5, 0.6) is 5.75 Å². The Morgan fingerprint density at radius 3 is 2.39 bits per heavy atom. The summed E-state index contributed by atoms with van der Waals surface area (Å²) in [5, 5.41) is 11.4. The summed E-state index contributed by atoms with van der Waals surface area (Å²) < 4.78 is 10.6. The summed E-state index contributed by atoms with van der Waals surface area (Å²) in [5.74, 6) is 0.151. The van der Waals surface area contributed by atoms with Crippen molar-refractivity contribution in [2.24, 2.45) is 5.73 Å². The van der Waals surface area contributed by atoms with Crippen LogP contribution in [0.4, 0.5) is 5.69 Å². The first-order chi connectivity index (χ1) is 14.9. The molecule has 0 heterocycles. The van der Waals surface area contributed by atoms with Gasteiger partial charge in [0, 0.05) is 18.1 Å². The number of nitrogens with zero attached hydrogens (tertiary/aromatic N) is 1. The SMILES string of the molecule is COC(=O)C(N)Cc1cc(-c2ccc(OCc3ccccc3)c(C)c2)ccc1[N+](=O)[O-]. The van der Waals surface area contributed by atoms with E-state index in [9.17, 15) is 14.9 Å². The predicted molar refractivity (Wildman–Crippen MR) is 118 cm³/mol. The molecule has 2 N–H and O–H groups in total. The van der Waals surface area contributed by atoms with Crippen LogP contribution >= 0.6 is 0 Å². The van der Waals surface area contributed by atoms with Gasteiger partial charge in [-0.05, 0) is 53.4 Å². The van der Waals surface area contributed by atoms with E-state index in [1.807, 2.05) is 55.5 Å². The lowest BCUT2D eigenvalue weighted by molar-refractivity contribution is -0.385. The van der Waals surface area contributed by atoms with Crippen LogP contribution in [-0.2, 0) is 22.6 Å². The number of esters is 1. The zero-order chi connectivity index (χ0) is 22.4. The van der Waals surface area contributed by atoms with Gasteiger partial charge in [-0.2, -0.15) is 0 Å². The number of nitro benzene ring substituents is 1. The van der Waals surface area contributed by atoms with Gasteiger partial charge in [-0.3, -0.25) is 14.9 Å². The average Bonchev–Trinajstić information content (AvgIpc) is 2.78. The molecule has 1 unspecified atom stereocenters. The highest BCUT2D eigenvalue weighted by Crippen LogP contribution is 2.31. The molecule has 31 heavy (non-hydrogen) atoms. The Bertz CT molecular complexity index is 1080. The first kappa shape index (κ1) is 22.0. The fraction of sp³-hybridized carbons (Fsp3) is 0.208. The van der Waals surface area contributed by atoms with Crippen LogP contribution < -0.4 is 10.5 Å². The Morgan fingerprint density at radius 1 is 1.06 bits per heavy atom. The average molecular weight is 420 g/mol. The molecule has 160 valence electrons. The van der Waals surface area contributed by atoms with Gasteiger partial charge >= 0.3 is 5.97 Å². The molecule has 0 fully saturated rings. The molecule has 3 aromatic rings. The van der Waals surface area contributed by atoms with Gasteiger partial charge in [0.15, 0.2) is 0 Å². The second-order valence-electron chi connectivity index (χ2n) is 7.19. The van der Waals surface area contributed by atoms with Crippen molar-refractivity contribution in [3.8, 4) is 16.9 Å². The molecule has 7 heteroatoms. The minimum Gasteiger partial charge on any atom is -0.489 e. The monoisotopic (exact) mass is 420 g/mol. The first-order valence-corrected chi connectivity index (χ1v) is 9.77. The van der Waals surface area contributed by atoms with Gasteiger partial charge in [0.2, 0.25) is 0 Å². The van der Waals surface area contributed by atoms with Crippen molar-refractivity contribution < 1.29 is 19.2 Å². The number of nitro groups is 1. The Hall–Kier alpha value is -3.71. The zero-order valence-corrected chi connectivity index (χ0v) is 17.4. The number of ether oxygens (including phenoxy) is 2. The van der Waals surface area contributed by atoms with E-state index in [-0.39, 0.29) is 12.1 Å². The molecular weight excluding hydrogens is 396 g/mol. The van der Waals surface area contributed by atoms with Gasteiger partial charge in [0.1, 0.15) is 18.4 Å². The van der Waals surface area contributed by atoms with Crippen LogP contribution in [0.3, 0.4) is 0 Å². The number of methoxy groups -OCH3 is 1. The molecule has 7 nitrogen and oxygen atoms in total. The van der Waals surface area contributed by atoms with Gasteiger partial charge in [0.05, 0.1) is 12.0 Å². The number of benzene rings is 3. The quantitative estimate of drug-likeness (QED) is 0.333. The standard InChI is InChI=1S/C24H24N2O5/c1-16-12-18(9-11-23(16)31-15-17-6-4-3-5-7-17)19-8-10-22(26(28)29)20(13-19)14-21(25)24(27)30-2/h3-13,21H,14-15,25H2,1-2H3. The summed E-state index contributed by atoms with van der Waals surface area (Å²) in [5.41, 5.74) is 9.82. The molecule has 0 amide bonds. The second-order valence-corrected chi connectivity index (χ2v) is 7.19. The smallest absolute Gasteiger partial charge is 0.322 e. The van der Waals surface area contributed by atoms with E-state index in [4.69, 9.17) is 10.5 Å². The van der Waals surface area contributed by atoms with Crippen molar-refractivity contribution in [2.45, 2.75) is 26.0 Å². The van der Waals surface area contributed by atoms with Gasteiger partial charge < -0.3 is 15.2 Å². The summed E-state index contributed by atoms with van der Waals surface area (Å²) in [4.78, 5) is 22.6. The van der Waals surface area contributed by atoms with E-state index in [2.05, 4.69) is 4.74 Å². The van der Waals surface area contributed by atoms with Gasteiger partial charge in [-0.25, -0.2) is 0 Å². The first-order valence-electron chi connectivity index (χ1n) is 9.77. The maximum atomic E-state index is 11.7. The Kier molecular flexibility index (Phi) is 6.99. The molecule has 0 aliphatic carbocycles. The molecule has 3 aromatic carbocycles. The van der Waals surface area contributed by atoms with E-state index < -0.39 is 16.9 Å². The number of aryl methyl sites for hydroxylation is 1. The van der Waals surface area contributed by atoms with Crippen molar-refractivity contribution >= 4 is 11.7 Å². The lowest BCUT2D eigenvalue weighted by Crippen LogP contribution is -2.33. The Balaban J connectivity index is 1.84. The molecule has 1 atom stereocenters. The van der Waals surface area contributed by atoms with Crippen LogP contribution in [0, 0.1) is 17.0 Å². The lowest BCUT2D eigenvalue weighted by atomic mass is 9.97. The highest BCUT2D eigenvalue weighted by molar-refractivity contribution is 5.76. The number of hydrogen-bond acceptors (Lipinski definition) is 6.